The van der Waals surface area contributed by atoms with Crippen molar-refractivity contribution < 1.29 is 4.79 Å². The van der Waals surface area contributed by atoms with Gasteiger partial charge in [0.05, 0.1) is 0 Å². The number of amides is 1. The molecule has 1 aliphatic heterocycles. The molecule has 1 fully saturated rings. The van der Waals surface area contributed by atoms with Gasteiger partial charge in [-0.25, -0.2) is 10.8 Å². The Morgan fingerprint density at radius 3 is 2.71 bits per heavy atom. The first-order chi connectivity index (χ1) is 9.85. The first kappa shape index (κ1) is 15.8. The van der Waals surface area contributed by atoms with Crippen molar-refractivity contribution in [1.29, 1.82) is 0 Å². The van der Waals surface area contributed by atoms with Crippen LogP contribution in [0.2, 0.25) is 0 Å². The molecule has 1 unspecified atom stereocenters. The van der Waals surface area contributed by atoms with Crippen molar-refractivity contribution in [3.63, 3.8) is 0 Å². The third-order valence-electron chi connectivity index (χ3n) is 4.14. The Hall–Kier alpha value is -1.62. The number of pyridine rings is 1. The number of nitrogens with one attached hydrogen (secondary N) is 1. The zero-order valence-electron chi connectivity index (χ0n) is 13.4. The second kappa shape index (κ2) is 6.02. The summed E-state index contributed by atoms with van der Waals surface area (Å²) in [5, 5.41) is 0. The zero-order valence-corrected chi connectivity index (χ0v) is 13.4. The molecule has 1 aromatic rings. The minimum Gasteiger partial charge on any atom is -0.338 e. The van der Waals surface area contributed by atoms with E-state index in [0.29, 0.717) is 17.3 Å². The number of nitrogens with zero attached hydrogens (tertiary/aromatic N) is 2. The number of nitrogen functional groups attached to an aromatic ring is 1. The van der Waals surface area contributed by atoms with Crippen molar-refractivity contribution in [3.05, 3.63) is 23.4 Å². The lowest BCUT2D eigenvalue weighted by Crippen LogP contribution is -2.29. The number of aromatic nitrogens is 1. The second-order valence-corrected chi connectivity index (χ2v) is 6.83. The Balaban J connectivity index is 2.28. The van der Waals surface area contributed by atoms with Gasteiger partial charge in [-0.1, -0.05) is 34.1 Å². The van der Waals surface area contributed by atoms with Crippen molar-refractivity contribution in [2.24, 2.45) is 11.8 Å². The smallest absolute Gasteiger partial charge is 0.254 e. The molecule has 5 nitrogen and oxygen atoms in total. The highest BCUT2D eigenvalue weighted by Gasteiger charge is 2.27. The predicted molar refractivity (Wildman–Crippen MR) is 85.0 cm³/mol. The zero-order chi connectivity index (χ0) is 15.6. The van der Waals surface area contributed by atoms with E-state index in [-0.39, 0.29) is 11.3 Å². The van der Waals surface area contributed by atoms with Gasteiger partial charge in [0, 0.05) is 29.8 Å². The normalized spacial score (nSPS) is 18.9. The molecule has 0 aromatic carbocycles. The highest BCUT2D eigenvalue weighted by Crippen LogP contribution is 2.26. The van der Waals surface area contributed by atoms with E-state index in [2.05, 4.69) is 38.1 Å². The van der Waals surface area contributed by atoms with Crippen LogP contribution >= 0.6 is 0 Å². The SMILES string of the molecule is CCC1CCN(C(=O)c2cc(NN)nc(C(C)(C)C)c2)C1. The number of hydrogen-bond acceptors (Lipinski definition) is 4. The lowest BCUT2D eigenvalue weighted by atomic mass is 9.90. The van der Waals surface area contributed by atoms with Crippen molar-refractivity contribution in [1.82, 2.24) is 9.88 Å². The van der Waals surface area contributed by atoms with E-state index in [1.165, 1.54) is 0 Å². The molecule has 21 heavy (non-hydrogen) atoms. The summed E-state index contributed by atoms with van der Waals surface area (Å²) < 4.78 is 0. The maximum atomic E-state index is 12.7. The number of hydrazine groups is 1. The summed E-state index contributed by atoms with van der Waals surface area (Å²) in [4.78, 5) is 19.1. The van der Waals surface area contributed by atoms with Gasteiger partial charge in [-0.2, -0.15) is 0 Å². The van der Waals surface area contributed by atoms with Crippen molar-refractivity contribution in [3.8, 4) is 0 Å². The van der Waals surface area contributed by atoms with E-state index in [4.69, 9.17) is 5.84 Å². The minimum absolute atomic E-state index is 0.0790. The Morgan fingerprint density at radius 1 is 1.48 bits per heavy atom. The van der Waals surface area contributed by atoms with Crippen LogP contribution < -0.4 is 11.3 Å². The van der Waals surface area contributed by atoms with Crippen LogP contribution in [0.25, 0.3) is 0 Å². The van der Waals surface area contributed by atoms with Crippen LogP contribution in [-0.2, 0) is 5.41 Å². The van der Waals surface area contributed by atoms with Gasteiger partial charge in [0.25, 0.3) is 5.91 Å². The van der Waals surface area contributed by atoms with Crippen molar-refractivity contribution in [2.45, 2.75) is 46.0 Å². The molecular formula is C16H26N4O. The highest BCUT2D eigenvalue weighted by atomic mass is 16.2. The Morgan fingerprint density at radius 2 is 2.19 bits per heavy atom. The first-order valence-corrected chi connectivity index (χ1v) is 7.63. The quantitative estimate of drug-likeness (QED) is 0.663. The van der Waals surface area contributed by atoms with Gasteiger partial charge in [0.15, 0.2) is 0 Å². The summed E-state index contributed by atoms with van der Waals surface area (Å²) >= 11 is 0. The molecular weight excluding hydrogens is 264 g/mol. The van der Waals surface area contributed by atoms with E-state index < -0.39 is 0 Å². The van der Waals surface area contributed by atoms with Crippen LogP contribution in [0.15, 0.2) is 12.1 Å². The van der Waals surface area contributed by atoms with Gasteiger partial charge in [0.1, 0.15) is 5.82 Å². The number of carbonyl (C=O) groups is 1. The molecule has 1 aliphatic rings. The van der Waals surface area contributed by atoms with Gasteiger partial charge in [0.2, 0.25) is 0 Å². The van der Waals surface area contributed by atoms with Crippen LogP contribution in [0, 0.1) is 5.92 Å². The number of anilines is 1. The molecule has 3 N–H and O–H groups in total. The molecule has 1 amide bonds. The van der Waals surface area contributed by atoms with E-state index in [9.17, 15) is 4.79 Å². The molecule has 0 saturated carbocycles. The van der Waals surface area contributed by atoms with E-state index >= 15 is 0 Å². The summed E-state index contributed by atoms with van der Waals surface area (Å²) in [5.74, 6) is 6.74. The van der Waals surface area contributed by atoms with Gasteiger partial charge < -0.3 is 10.3 Å². The average Bonchev–Trinajstić information content (AvgIpc) is 2.93. The topological polar surface area (TPSA) is 71.2 Å². The van der Waals surface area contributed by atoms with Crippen LogP contribution in [0.1, 0.15) is 56.6 Å². The Kier molecular flexibility index (Phi) is 4.52. The van der Waals surface area contributed by atoms with E-state index in [1.807, 2.05) is 11.0 Å². The summed E-state index contributed by atoms with van der Waals surface area (Å²) in [6.07, 6.45) is 2.23. The monoisotopic (exact) mass is 290 g/mol. The number of rotatable bonds is 3. The standard InChI is InChI=1S/C16H26N4O/c1-5-11-6-7-20(10-11)15(21)12-8-13(16(2,3)4)18-14(9-12)19-17/h8-9,11H,5-7,10,17H2,1-4H3,(H,18,19). The predicted octanol–water partition coefficient (Wildman–Crippen LogP) is 2.54. The Bertz CT molecular complexity index is 521. The molecule has 0 aliphatic carbocycles. The highest BCUT2D eigenvalue weighted by molar-refractivity contribution is 5.95. The Labute approximate surface area is 126 Å². The first-order valence-electron chi connectivity index (χ1n) is 7.63. The second-order valence-electron chi connectivity index (χ2n) is 6.83. The van der Waals surface area contributed by atoms with Crippen LogP contribution in [0.3, 0.4) is 0 Å². The van der Waals surface area contributed by atoms with Crippen LogP contribution in [0.4, 0.5) is 5.82 Å². The average molecular weight is 290 g/mol. The molecule has 1 saturated heterocycles. The third-order valence-corrected chi connectivity index (χ3v) is 4.14. The lowest BCUT2D eigenvalue weighted by Gasteiger charge is -2.21. The van der Waals surface area contributed by atoms with E-state index in [1.54, 1.807) is 6.07 Å². The van der Waals surface area contributed by atoms with Gasteiger partial charge in [-0.05, 0) is 24.5 Å². The number of hydrogen-bond donors (Lipinski definition) is 2. The molecule has 0 radical (unpaired) electrons. The lowest BCUT2D eigenvalue weighted by molar-refractivity contribution is 0.0786. The third kappa shape index (κ3) is 3.53. The fourth-order valence-corrected chi connectivity index (χ4v) is 2.65. The van der Waals surface area contributed by atoms with Gasteiger partial charge in [-0.3, -0.25) is 4.79 Å². The fraction of sp³-hybridized carbons (Fsp3) is 0.625. The summed E-state index contributed by atoms with van der Waals surface area (Å²) in [6, 6.07) is 3.62. The fourth-order valence-electron chi connectivity index (χ4n) is 2.65. The molecule has 0 spiro atoms. The van der Waals surface area contributed by atoms with Gasteiger partial charge in [-0.15, -0.1) is 0 Å². The molecule has 0 bridgehead atoms. The molecule has 5 heteroatoms. The van der Waals surface area contributed by atoms with Crippen LogP contribution in [0.5, 0.6) is 0 Å². The maximum absolute atomic E-state index is 12.7. The molecule has 2 heterocycles. The maximum Gasteiger partial charge on any atom is 0.254 e. The molecule has 2 rings (SSSR count). The van der Waals surface area contributed by atoms with Crippen LogP contribution in [-0.4, -0.2) is 28.9 Å². The molecule has 1 atom stereocenters. The molecule has 1 aromatic heterocycles. The summed E-state index contributed by atoms with van der Waals surface area (Å²) in [7, 11) is 0. The summed E-state index contributed by atoms with van der Waals surface area (Å²) in [5.41, 5.74) is 3.97. The largest absolute Gasteiger partial charge is 0.338 e. The van der Waals surface area contributed by atoms with Crippen molar-refractivity contribution >= 4 is 11.7 Å². The van der Waals surface area contributed by atoms with E-state index in [0.717, 1.165) is 31.6 Å². The molecule has 116 valence electrons. The number of nitrogens with two attached hydrogens (primary N) is 1. The number of carbonyl (C=O) groups excluding carboxylic acids is 1. The minimum atomic E-state index is -0.126. The van der Waals surface area contributed by atoms with Gasteiger partial charge >= 0.3 is 0 Å². The number of likely N-dealkylation sites (tertiary alicyclic amines) is 1. The van der Waals surface area contributed by atoms with Crippen molar-refractivity contribution in [2.75, 3.05) is 18.5 Å². The summed E-state index contributed by atoms with van der Waals surface area (Å²) in [6.45, 7) is 10.1.